The second-order valence-electron chi connectivity index (χ2n) is 4.71. The Hall–Kier alpha value is -1.23. The first kappa shape index (κ1) is 16.1. The summed E-state index contributed by atoms with van der Waals surface area (Å²) < 4.78 is 26.6. The highest BCUT2D eigenvalue weighted by atomic mass is 35.5. The largest absolute Gasteiger partial charge is 0.269 e. The lowest BCUT2D eigenvalue weighted by molar-refractivity contribution is 0.594. The van der Waals surface area contributed by atoms with E-state index in [1.165, 1.54) is 17.4 Å². The van der Waals surface area contributed by atoms with Gasteiger partial charge in [-0.2, -0.15) is 0 Å². The van der Waals surface area contributed by atoms with Gasteiger partial charge in [0, 0.05) is 12.9 Å². The summed E-state index contributed by atoms with van der Waals surface area (Å²) in [7, 11) is -2.22. The van der Waals surface area contributed by atoms with E-state index in [1.54, 1.807) is 24.3 Å². The van der Waals surface area contributed by atoms with E-state index in [-0.39, 0.29) is 15.8 Å². The van der Waals surface area contributed by atoms with Gasteiger partial charge in [-0.1, -0.05) is 35.4 Å². The maximum atomic E-state index is 12.7. The number of sulfonamides is 1. The average molecular weight is 344 g/mol. The van der Waals surface area contributed by atoms with Crippen LogP contribution in [0.3, 0.4) is 0 Å². The highest BCUT2D eigenvalue weighted by Crippen LogP contribution is 2.28. The Balaban J connectivity index is 2.48. The van der Waals surface area contributed by atoms with Gasteiger partial charge in [0.1, 0.15) is 4.90 Å². The average Bonchev–Trinajstić information content (AvgIpc) is 2.47. The van der Waals surface area contributed by atoms with Gasteiger partial charge in [0.2, 0.25) is 0 Å². The maximum Gasteiger partial charge on any atom is 0.265 e. The molecule has 0 N–H and O–H groups in total. The van der Waals surface area contributed by atoms with Crippen molar-refractivity contribution in [3.63, 3.8) is 0 Å². The topological polar surface area (TPSA) is 37.4 Å². The third kappa shape index (κ3) is 3.34. The summed E-state index contributed by atoms with van der Waals surface area (Å²) in [5.74, 6) is 0.230. The minimum atomic E-state index is -3.73. The van der Waals surface area contributed by atoms with Crippen molar-refractivity contribution in [2.75, 3.05) is 11.4 Å². The molecular formula is C15H15Cl2NO2S. The highest BCUT2D eigenvalue weighted by molar-refractivity contribution is 7.93. The Morgan fingerprint density at radius 1 is 1.10 bits per heavy atom. The van der Waals surface area contributed by atoms with Crippen LogP contribution >= 0.6 is 23.2 Å². The molecule has 0 fully saturated rings. The van der Waals surface area contributed by atoms with Crippen LogP contribution in [0.5, 0.6) is 0 Å². The van der Waals surface area contributed by atoms with Gasteiger partial charge in [0.25, 0.3) is 10.0 Å². The Bertz CT molecular complexity index is 743. The predicted molar refractivity (Wildman–Crippen MR) is 87.8 cm³/mol. The van der Waals surface area contributed by atoms with Gasteiger partial charge >= 0.3 is 0 Å². The number of anilines is 1. The summed E-state index contributed by atoms with van der Waals surface area (Å²) in [6.07, 6.45) is 0. The third-order valence-electron chi connectivity index (χ3n) is 3.19. The molecule has 21 heavy (non-hydrogen) atoms. The monoisotopic (exact) mass is 343 g/mol. The van der Waals surface area contributed by atoms with Gasteiger partial charge < -0.3 is 0 Å². The highest BCUT2D eigenvalue weighted by Gasteiger charge is 2.24. The van der Waals surface area contributed by atoms with Crippen molar-refractivity contribution in [2.24, 2.45) is 0 Å². The maximum absolute atomic E-state index is 12.7. The molecule has 0 saturated heterocycles. The fraction of sp³-hybridized carbons (Fsp3) is 0.200. The molecular weight excluding hydrogens is 329 g/mol. The van der Waals surface area contributed by atoms with Crippen LogP contribution in [-0.2, 0) is 15.9 Å². The lowest BCUT2D eigenvalue weighted by Gasteiger charge is -2.20. The minimum absolute atomic E-state index is 0.0605. The normalized spacial score (nSPS) is 11.4. The van der Waals surface area contributed by atoms with Crippen LogP contribution in [0.2, 0.25) is 5.02 Å². The smallest absolute Gasteiger partial charge is 0.265 e. The van der Waals surface area contributed by atoms with Crippen molar-refractivity contribution in [1.82, 2.24) is 0 Å². The van der Waals surface area contributed by atoms with Crippen molar-refractivity contribution in [3.05, 3.63) is 58.6 Å². The molecule has 0 atom stereocenters. The molecule has 0 aromatic heterocycles. The summed E-state index contributed by atoms with van der Waals surface area (Å²) in [5, 5.41) is 0.183. The van der Waals surface area contributed by atoms with Crippen molar-refractivity contribution in [2.45, 2.75) is 17.7 Å². The molecule has 2 aromatic carbocycles. The Morgan fingerprint density at radius 3 is 2.29 bits per heavy atom. The second-order valence-corrected chi connectivity index (χ2v) is 7.32. The number of alkyl halides is 1. The number of aryl methyl sites for hydroxylation is 1. The predicted octanol–water partition coefficient (Wildman–Crippen LogP) is 4.21. The van der Waals surface area contributed by atoms with Crippen LogP contribution < -0.4 is 4.31 Å². The quantitative estimate of drug-likeness (QED) is 0.779. The van der Waals surface area contributed by atoms with E-state index in [1.807, 2.05) is 19.1 Å². The molecule has 3 nitrogen and oxygen atoms in total. The molecule has 0 saturated carbocycles. The number of rotatable bonds is 4. The van der Waals surface area contributed by atoms with Crippen LogP contribution in [0.1, 0.15) is 11.1 Å². The van der Waals surface area contributed by atoms with E-state index < -0.39 is 10.0 Å². The molecule has 0 aliphatic heterocycles. The molecule has 2 rings (SSSR count). The molecule has 2 aromatic rings. The van der Waals surface area contributed by atoms with Gasteiger partial charge in [-0.25, -0.2) is 8.42 Å². The molecule has 0 amide bonds. The Labute approximate surface area is 135 Å². The lowest BCUT2D eigenvalue weighted by Crippen LogP contribution is -2.26. The molecule has 0 radical (unpaired) electrons. The SMILES string of the molecule is Cc1ccc(N(C)S(=O)(=O)c2cc(CCl)ccc2Cl)cc1. The number of hydrogen-bond donors (Lipinski definition) is 0. The van der Waals surface area contributed by atoms with Gasteiger partial charge in [-0.15, -0.1) is 11.6 Å². The van der Waals surface area contributed by atoms with Crippen molar-refractivity contribution >= 4 is 38.9 Å². The van der Waals surface area contributed by atoms with E-state index in [4.69, 9.17) is 23.2 Å². The first-order valence-corrected chi connectivity index (χ1v) is 8.61. The zero-order valence-electron chi connectivity index (χ0n) is 11.7. The van der Waals surface area contributed by atoms with Crippen molar-refractivity contribution < 1.29 is 8.42 Å². The number of benzene rings is 2. The Kier molecular flexibility index (Phi) is 4.81. The minimum Gasteiger partial charge on any atom is -0.269 e. The summed E-state index contributed by atoms with van der Waals surface area (Å²) in [6.45, 7) is 1.94. The number of hydrogen-bond acceptors (Lipinski definition) is 2. The van der Waals surface area contributed by atoms with Crippen LogP contribution in [0, 0.1) is 6.92 Å². The van der Waals surface area contributed by atoms with E-state index in [2.05, 4.69) is 0 Å². The van der Waals surface area contributed by atoms with Crippen LogP contribution in [0.15, 0.2) is 47.4 Å². The molecule has 112 valence electrons. The summed E-state index contributed by atoms with van der Waals surface area (Å²) in [4.78, 5) is 0.0605. The fourth-order valence-corrected chi connectivity index (χ4v) is 3.75. The van der Waals surface area contributed by atoms with Crippen molar-refractivity contribution in [3.8, 4) is 0 Å². The van der Waals surface area contributed by atoms with Crippen molar-refractivity contribution in [1.29, 1.82) is 0 Å². The molecule has 0 aliphatic carbocycles. The molecule has 0 bridgehead atoms. The van der Waals surface area contributed by atoms with E-state index in [9.17, 15) is 8.42 Å². The van der Waals surface area contributed by atoms with Gasteiger partial charge in [0.05, 0.1) is 10.7 Å². The molecule has 0 heterocycles. The molecule has 0 unspecified atom stereocenters. The van der Waals surface area contributed by atoms with E-state index >= 15 is 0 Å². The van der Waals surface area contributed by atoms with Crippen LogP contribution in [-0.4, -0.2) is 15.5 Å². The molecule has 6 heteroatoms. The first-order valence-electron chi connectivity index (χ1n) is 6.26. The zero-order chi connectivity index (χ0) is 15.6. The third-order valence-corrected chi connectivity index (χ3v) is 5.76. The molecule has 0 aliphatic rings. The van der Waals surface area contributed by atoms with E-state index in [0.717, 1.165) is 5.56 Å². The fourth-order valence-electron chi connectivity index (χ4n) is 1.87. The number of nitrogens with zero attached hydrogens (tertiary/aromatic N) is 1. The first-order chi connectivity index (χ1) is 9.86. The summed E-state index contributed by atoms with van der Waals surface area (Å²) in [5.41, 5.74) is 2.34. The standard InChI is InChI=1S/C15H15Cl2NO2S/c1-11-3-6-13(7-4-11)18(2)21(19,20)15-9-12(10-16)5-8-14(15)17/h3-9H,10H2,1-2H3. The van der Waals surface area contributed by atoms with Crippen LogP contribution in [0.25, 0.3) is 0 Å². The zero-order valence-corrected chi connectivity index (χ0v) is 14.0. The Morgan fingerprint density at radius 2 is 1.71 bits per heavy atom. The van der Waals surface area contributed by atoms with Gasteiger partial charge in [-0.3, -0.25) is 4.31 Å². The lowest BCUT2D eigenvalue weighted by atomic mass is 10.2. The summed E-state index contributed by atoms with van der Waals surface area (Å²) in [6, 6.07) is 12.0. The van der Waals surface area contributed by atoms with Gasteiger partial charge in [0.15, 0.2) is 0 Å². The summed E-state index contributed by atoms with van der Waals surface area (Å²) >= 11 is 11.8. The van der Waals surface area contributed by atoms with E-state index in [0.29, 0.717) is 11.3 Å². The number of halogens is 2. The van der Waals surface area contributed by atoms with Gasteiger partial charge in [-0.05, 0) is 36.8 Å². The second kappa shape index (κ2) is 6.26. The molecule has 0 spiro atoms. The van der Waals surface area contributed by atoms with Crippen LogP contribution in [0.4, 0.5) is 5.69 Å².